The van der Waals surface area contributed by atoms with Gasteiger partial charge in [-0.3, -0.25) is 0 Å². The van der Waals surface area contributed by atoms with E-state index in [0.29, 0.717) is 5.56 Å². The molecule has 0 saturated carbocycles. The van der Waals surface area contributed by atoms with E-state index in [4.69, 9.17) is 4.79 Å². The summed E-state index contributed by atoms with van der Waals surface area (Å²) in [5, 5.41) is 12.9. The highest BCUT2D eigenvalue weighted by Crippen LogP contribution is 2.39. The van der Waals surface area contributed by atoms with Crippen molar-refractivity contribution in [2.24, 2.45) is 0 Å². The largest absolute Gasteiger partial charge is 0.355 e. The maximum absolute atomic E-state index is 9.32. The number of hydrogen-bond acceptors (Lipinski definition) is 3. The lowest BCUT2D eigenvalue weighted by atomic mass is 9.72. The number of allylic oxidation sites excluding steroid dienone is 3. The fraction of sp³-hybridized carbons (Fsp3) is 0.172. The van der Waals surface area contributed by atoms with E-state index in [-0.39, 0.29) is 5.41 Å². The van der Waals surface area contributed by atoms with E-state index in [9.17, 15) is 5.26 Å². The molecule has 162 valence electrons. The molecule has 0 aliphatic rings. The van der Waals surface area contributed by atoms with Gasteiger partial charge in [-0.25, -0.2) is 0 Å². The van der Waals surface area contributed by atoms with Crippen LogP contribution in [0.3, 0.4) is 0 Å². The Morgan fingerprint density at radius 2 is 1.72 bits per heavy atom. The number of nitrogens with zero attached hydrogens (tertiary/aromatic N) is 1. The van der Waals surface area contributed by atoms with Gasteiger partial charge in [0, 0.05) is 16.8 Å². The van der Waals surface area contributed by atoms with Crippen molar-refractivity contribution >= 4 is 18.2 Å². The van der Waals surface area contributed by atoms with E-state index in [1.165, 1.54) is 11.1 Å². The Bertz CT molecular complexity index is 1100. The van der Waals surface area contributed by atoms with Gasteiger partial charge < -0.3 is 10.1 Å². The van der Waals surface area contributed by atoms with Crippen LogP contribution in [0.2, 0.25) is 0 Å². The Labute approximate surface area is 191 Å². The van der Waals surface area contributed by atoms with Crippen LogP contribution in [-0.4, -0.2) is 6.79 Å². The summed E-state index contributed by atoms with van der Waals surface area (Å²) in [4.78, 5) is 8.00. The van der Waals surface area contributed by atoms with Gasteiger partial charge >= 0.3 is 0 Å². The van der Waals surface area contributed by atoms with Gasteiger partial charge in [0.25, 0.3) is 0 Å². The summed E-state index contributed by atoms with van der Waals surface area (Å²) in [6.45, 7) is 10.4. The maximum Gasteiger partial charge on any atom is 0.106 e. The Balaban J connectivity index is 0.00000176. The summed E-state index contributed by atoms with van der Waals surface area (Å²) in [5.41, 5.74) is 6.30. The second-order valence-corrected chi connectivity index (χ2v) is 7.83. The zero-order valence-electron chi connectivity index (χ0n) is 18.8. The van der Waals surface area contributed by atoms with Crippen molar-refractivity contribution in [2.75, 3.05) is 5.32 Å². The van der Waals surface area contributed by atoms with Gasteiger partial charge in [-0.15, -0.1) is 0 Å². The first-order valence-electron chi connectivity index (χ1n) is 10.5. The van der Waals surface area contributed by atoms with Crippen LogP contribution in [0.5, 0.6) is 0 Å². The van der Waals surface area contributed by atoms with E-state index in [2.05, 4.69) is 80.4 Å². The smallest absolute Gasteiger partial charge is 0.106 e. The Hall–Kier alpha value is -3.90. The van der Waals surface area contributed by atoms with Crippen molar-refractivity contribution in [3.8, 4) is 6.07 Å². The molecule has 0 bridgehead atoms. The van der Waals surface area contributed by atoms with Crippen LogP contribution in [-0.2, 0) is 16.6 Å². The summed E-state index contributed by atoms with van der Waals surface area (Å²) in [6, 6.07) is 28.9. The van der Waals surface area contributed by atoms with Crippen LogP contribution >= 0.6 is 0 Å². The fourth-order valence-electron chi connectivity index (χ4n) is 3.99. The Morgan fingerprint density at radius 3 is 2.38 bits per heavy atom. The van der Waals surface area contributed by atoms with Crippen LogP contribution in [0.4, 0.5) is 11.4 Å². The van der Waals surface area contributed by atoms with Gasteiger partial charge in [-0.2, -0.15) is 5.26 Å². The van der Waals surface area contributed by atoms with Crippen molar-refractivity contribution in [2.45, 2.75) is 32.1 Å². The van der Waals surface area contributed by atoms with Gasteiger partial charge in [-0.1, -0.05) is 79.8 Å². The topological polar surface area (TPSA) is 52.9 Å². The minimum atomic E-state index is -0.178. The molecule has 1 unspecified atom stereocenters. The van der Waals surface area contributed by atoms with Crippen LogP contribution < -0.4 is 5.32 Å². The average Bonchev–Trinajstić information content (AvgIpc) is 2.85. The van der Waals surface area contributed by atoms with E-state index >= 15 is 0 Å². The molecule has 0 amide bonds. The van der Waals surface area contributed by atoms with Crippen LogP contribution in [0.1, 0.15) is 37.0 Å². The third kappa shape index (κ3) is 6.30. The van der Waals surface area contributed by atoms with Crippen LogP contribution in [0.15, 0.2) is 103 Å². The molecule has 3 aromatic carbocycles. The SMILES string of the molecule is C=C/C(=C\C)CC(C)(Cc1cccc(C#N)c1)c1ccccc1Nc1ccccc1.C=O. The maximum atomic E-state index is 9.32. The third-order valence-electron chi connectivity index (χ3n) is 5.51. The van der Waals surface area contributed by atoms with Gasteiger partial charge in [0.2, 0.25) is 0 Å². The molecule has 1 atom stereocenters. The lowest BCUT2D eigenvalue weighted by molar-refractivity contribution is -0.0979. The first kappa shape index (κ1) is 24.4. The number of nitriles is 1. The minimum absolute atomic E-state index is 0.178. The molecule has 0 fully saturated rings. The molecule has 0 aromatic heterocycles. The molecule has 32 heavy (non-hydrogen) atoms. The van der Waals surface area contributed by atoms with E-state index in [0.717, 1.165) is 29.8 Å². The number of nitrogens with one attached hydrogen (secondary N) is 1. The molecule has 3 nitrogen and oxygen atoms in total. The van der Waals surface area contributed by atoms with E-state index in [1.807, 2.05) is 49.3 Å². The first-order valence-corrected chi connectivity index (χ1v) is 10.5. The lowest BCUT2D eigenvalue weighted by Gasteiger charge is -2.33. The highest BCUT2D eigenvalue weighted by molar-refractivity contribution is 5.65. The molecule has 0 heterocycles. The predicted molar refractivity (Wildman–Crippen MR) is 134 cm³/mol. The molecule has 0 aliphatic heterocycles. The summed E-state index contributed by atoms with van der Waals surface area (Å²) in [6.07, 6.45) is 5.75. The predicted octanol–water partition coefficient (Wildman–Crippen LogP) is 7.14. The minimum Gasteiger partial charge on any atom is -0.355 e. The molecule has 0 aliphatic carbocycles. The van der Waals surface area contributed by atoms with Crippen molar-refractivity contribution < 1.29 is 4.79 Å². The second kappa shape index (κ2) is 12.1. The third-order valence-corrected chi connectivity index (χ3v) is 5.51. The quantitative estimate of drug-likeness (QED) is 0.393. The zero-order valence-corrected chi connectivity index (χ0v) is 18.8. The molecular formula is C29H30N2O. The number of anilines is 2. The van der Waals surface area contributed by atoms with Crippen LogP contribution in [0.25, 0.3) is 0 Å². The normalized spacial score (nSPS) is 12.5. The molecule has 0 spiro atoms. The molecule has 3 rings (SSSR count). The number of carbonyl (C=O) groups excluding carboxylic acids is 1. The molecular weight excluding hydrogens is 392 g/mol. The van der Waals surface area contributed by atoms with Crippen molar-refractivity contribution in [3.63, 3.8) is 0 Å². The molecule has 3 heteroatoms. The zero-order chi connectivity index (χ0) is 23.4. The number of hydrogen-bond donors (Lipinski definition) is 1. The van der Waals surface area contributed by atoms with Gasteiger partial charge in [0.1, 0.15) is 6.79 Å². The summed E-state index contributed by atoms with van der Waals surface area (Å²) in [7, 11) is 0. The highest BCUT2D eigenvalue weighted by atomic mass is 16.1. The number of benzene rings is 3. The van der Waals surface area contributed by atoms with Gasteiger partial charge in [-0.05, 0) is 61.2 Å². The highest BCUT2D eigenvalue weighted by Gasteiger charge is 2.30. The summed E-state index contributed by atoms with van der Waals surface area (Å²) in [5.74, 6) is 0. The Morgan fingerprint density at radius 1 is 1.03 bits per heavy atom. The van der Waals surface area contributed by atoms with E-state index in [1.54, 1.807) is 0 Å². The number of rotatable bonds is 8. The van der Waals surface area contributed by atoms with Crippen molar-refractivity contribution in [3.05, 3.63) is 120 Å². The second-order valence-electron chi connectivity index (χ2n) is 7.83. The summed E-state index contributed by atoms with van der Waals surface area (Å²) < 4.78 is 0. The van der Waals surface area contributed by atoms with E-state index < -0.39 is 0 Å². The molecule has 0 radical (unpaired) electrons. The lowest BCUT2D eigenvalue weighted by Crippen LogP contribution is -2.27. The van der Waals surface area contributed by atoms with Crippen molar-refractivity contribution in [1.29, 1.82) is 5.26 Å². The average molecular weight is 423 g/mol. The van der Waals surface area contributed by atoms with Crippen LogP contribution in [0, 0.1) is 11.3 Å². The monoisotopic (exact) mass is 422 g/mol. The standard InChI is InChI=1S/C28H28N2.CH2O/c1-4-22(5-2)19-28(3,20-23-12-11-13-24(18-23)21-29)26-16-9-10-17-27(26)30-25-14-7-6-8-15-25;1-2/h4-18,30H,1,19-20H2,2-3H3;1H2/b22-5+;. The van der Waals surface area contributed by atoms with Gasteiger partial charge in [0.05, 0.1) is 11.6 Å². The first-order chi connectivity index (χ1) is 15.6. The molecule has 0 saturated heterocycles. The molecule has 1 N–H and O–H groups in total. The number of para-hydroxylation sites is 2. The summed E-state index contributed by atoms with van der Waals surface area (Å²) >= 11 is 0. The van der Waals surface area contributed by atoms with Crippen molar-refractivity contribution in [1.82, 2.24) is 0 Å². The van der Waals surface area contributed by atoms with Gasteiger partial charge in [0.15, 0.2) is 0 Å². The fourth-order valence-corrected chi connectivity index (χ4v) is 3.99. The Kier molecular flexibility index (Phi) is 9.20. The number of carbonyl (C=O) groups is 1. The molecule has 3 aromatic rings.